The van der Waals surface area contributed by atoms with Gasteiger partial charge in [-0.15, -0.1) is 0 Å². The first-order valence-electron chi connectivity index (χ1n) is 5.97. The highest BCUT2D eigenvalue weighted by Gasteiger charge is 2.21. The molecule has 0 unspecified atom stereocenters. The Kier molecular flexibility index (Phi) is 3.39. The summed E-state index contributed by atoms with van der Waals surface area (Å²) in [4.78, 5) is 11.7. The van der Waals surface area contributed by atoms with Gasteiger partial charge in [-0.2, -0.15) is 5.10 Å². The van der Waals surface area contributed by atoms with Gasteiger partial charge in [-0.25, -0.2) is 0 Å². The Morgan fingerprint density at radius 1 is 1.62 bits per heavy atom. The summed E-state index contributed by atoms with van der Waals surface area (Å²) in [6, 6.07) is 2.60. The number of ketones is 1. The van der Waals surface area contributed by atoms with Crippen LogP contribution in [0.5, 0.6) is 0 Å². The van der Waals surface area contributed by atoms with E-state index in [2.05, 4.69) is 10.4 Å². The van der Waals surface area contributed by atoms with E-state index in [0.717, 1.165) is 17.9 Å². The van der Waals surface area contributed by atoms with Gasteiger partial charge < -0.3 is 5.32 Å². The van der Waals surface area contributed by atoms with E-state index in [1.165, 1.54) is 12.8 Å². The first kappa shape index (κ1) is 11.3. The average Bonchev–Trinajstić information content (AvgIpc) is 3.00. The minimum Gasteiger partial charge on any atom is -0.307 e. The second-order valence-corrected chi connectivity index (χ2v) is 4.46. The van der Waals surface area contributed by atoms with E-state index in [4.69, 9.17) is 0 Å². The summed E-state index contributed by atoms with van der Waals surface area (Å²) >= 11 is 0. The number of hydrogen-bond acceptors (Lipinski definition) is 3. The quantitative estimate of drug-likeness (QED) is 0.781. The Hall–Kier alpha value is -1.16. The Balaban J connectivity index is 1.88. The third kappa shape index (κ3) is 2.92. The normalized spacial score (nSPS) is 15.4. The molecule has 1 aliphatic rings. The molecule has 1 aromatic heterocycles. The van der Waals surface area contributed by atoms with Gasteiger partial charge in [-0.1, -0.05) is 0 Å². The molecule has 1 aromatic rings. The van der Waals surface area contributed by atoms with E-state index in [1.54, 1.807) is 0 Å². The maximum atomic E-state index is 11.7. The molecule has 4 nitrogen and oxygen atoms in total. The van der Waals surface area contributed by atoms with Crippen LogP contribution in [0.15, 0.2) is 6.07 Å². The van der Waals surface area contributed by atoms with Crippen molar-refractivity contribution in [3.05, 3.63) is 17.5 Å². The number of carbonyl (C=O) groups excluding carboxylic acids is 1. The zero-order chi connectivity index (χ0) is 11.5. The van der Waals surface area contributed by atoms with Gasteiger partial charge in [0.1, 0.15) is 0 Å². The summed E-state index contributed by atoms with van der Waals surface area (Å²) in [5.41, 5.74) is 2.02. The molecule has 1 saturated carbocycles. The van der Waals surface area contributed by atoms with Crippen molar-refractivity contribution in [1.29, 1.82) is 0 Å². The molecule has 1 heterocycles. The van der Waals surface area contributed by atoms with E-state index < -0.39 is 0 Å². The zero-order valence-electron chi connectivity index (χ0n) is 9.99. The molecule has 1 fully saturated rings. The maximum absolute atomic E-state index is 11.7. The van der Waals surface area contributed by atoms with Crippen molar-refractivity contribution >= 4 is 5.78 Å². The van der Waals surface area contributed by atoms with Crippen LogP contribution < -0.4 is 5.32 Å². The smallest absolute Gasteiger partial charge is 0.152 e. The van der Waals surface area contributed by atoms with Crippen LogP contribution in [0.2, 0.25) is 0 Å². The fraction of sp³-hybridized carbons (Fsp3) is 0.667. The van der Waals surface area contributed by atoms with E-state index in [1.807, 2.05) is 24.6 Å². The molecule has 0 radical (unpaired) electrons. The first-order chi connectivity index (χ1) is 7.69. The monoisotopic (exact) mass is 221 g/mol. The van der Waals surface area contributed by atoms with Crippen LogP contribution in [-0.4, -0.2) is 28.2 Å². The fourth-order valence-corrected chi connectivity index (χ4v) is 1.83. The predicted molar refractivity (Wildman–Crippen MR) is 62.4 cm³/mol. The van der Waals surface area contributed by atoms with Crippen LogP contribution in [-0.2, 0) is 17.8 Å². The standard InChI is InChI=1S/C12H19N3O/c1-3-15-11(6-9(2)14-15)7-12(16)8-13-10-4-5-10/h6,10,13H,3-5,7-8H2,1-2H3. The van der Waals surface area contributed by atoms with Crippen molar-refractivity contribution in [3.63, 3.8) is 0 Å². The molecule has 1 aliphatic carbocycles. The van der Waals surface area contributed by atoms with Gasteiger partial charge in [-0.05, 0) is 32.8 Å². The summed E-state index contributed by atoms with van der Waals surface area (Å²) in [5, 5.41) is 7.58. The van der Waals surface area contributed by atoms with Crippen LogP contribution in [0, 0.1) is 6.92 Å². The third-order valence-electron chi connectivity index (χ3n) is 2.83. The van der Waals surface area contributed by atoms with Crippen LogP contribution >= 0.6 is 0 Å². The maximum Gasteiger partial charge on any atom is 0.152 e. The second kappa shape index (κ2) is 4.78. The van der Waals surface area contributed by atoms with E-state index in [-0.39, 0.29) is 5.78 Å². The van der Waals surface area contributed by atoms with Crippen LogP contribution in [0.3, 0.4) is 0 Å². The second-order valence-electron chi connectivity index (χ2n) is 4.46. The van der Waals surface area contributed by atoms with Crippen LogP contribution in [0.4, 0.5) is 0 Å². The minimum absolute atomic E-state index is 0.251. The highest BCUT2D eigenvalue weighted by Crippen LogP contribution is 2.18. The summed E-state index contributed by atoms with van der Waals surface area (Å²) in [5.74, 6) is 0.251. The fourth-order valence-electron chi connectivity index (χ4n) is 1.83. The average molecular weight is 221 g/mol. The van der Waals surface area contributed by atoms with Crippen LogP contribution in [0.1, 0.15) is 31.2 Å². The van der Waals surface area contributed by atoms with E-state index in [0.29, 0.717) is 19.0 Å². The SMILES string of the molecule is CCn1nc(C)cc1CC(=O)CNC1CC1. The summed E-state index contributed by atoms with van der Waals surface area (Å²) in [6.07, 6.45) is 2.94. The minimum atomic E-state index is 0.251. The lowest BCUT2D eigenvalue weighted by Gasteiger charge is -2.04. The Morgan fingerprint density at radius 3 is 3.00 bits per heavy atom. The Labute approximate surface area is 96.0 Å². The Morgan fingerprint density at radius 2 is 2.38 bits per heavy atom. The number of aryl methyl sites for hydroxylation is 2. The van der Waals surface area contributed by atoms with Crippen molar-refractivity contribution in [3.8, 4) is 0 Å². The molecule has 1 N–H and O–H groups in total. The van der Waals surface area contributed by atoms with E-state index >= 15 is 0 Å². The molecule has 0 atom stereocenters. The predicted octanol–water partition coefficient (Wildman–Crippen LogP) is 1.08. The van der Waals surface area contributed by atoms with Crippen molar-refractivity contribution in [2.45, 2.75) is 45.7 Å². The first-order valence-corrected chi connectivity index (χ1v) is 5.97. The number of carbonyl (C=O) groups is 1. The van der Waals surface area contributed by atoms with Gasteiger partial charge in [0.25, 0.3) is 0 Å². The van der Waals surface area contributed by atoms with Crippen molar-refractivity contribution < 1.29 is 4.79 Å². The molecule has 0 amide bonds. The summed E-state index contributed by atoms with van der Waals surface area (Å²) in [6.45, 7) is 5.33. The van der Waals surface area contributed by atoms with Gasteiger partial charge in [0, 0.05) is 24.7 Å². The molecule has 4 heteroatoms. The molecule has 0 saturated heterocycles. The highest BCUT2D eigenvalue weighted by atomic mass is 16.1. The highest BCUT2D eigenvalue weighted by molar-refractivity contribution is 5.82. The number of nitrogens with zero attached hydrogens (tertiary/aromatic N) is 2. The number of aromatic nitrogens is 2. The number of rotatable bonds is 6. The molecule has 0 bridgehead atoms. The molecule has 88 valence electrons. The van der Waals surface area contributed by atoms with Gasteiger partial charge in [0.15, 0.2) is 5.78 Å². The van der Waals surface area contributed by atoms with Crippen molar-refractivity contribution in [2.24, 2.45) is 0 Å². The van der Waals surface area contributed by atoms with Gasteiger partial charge in [0.05, 0.1) is 12.2 Å². The lowest BCUT2D eigenvalue weighted by atomic mass is 10.2. The van der Waals surface area contributed by atoms with Crippen LogP contribution in [0.25, 0.3) is 0 Å². The molecule has 2 rings (SSSR count). The van der Waals surface area contributed by atoms with Gasteiger partial charge >= 0.3 is 0 Å². The summed E-state index contributed by atoms with van der Waals surface area (Å²) in [7, 11) is 0. The number of Topliss-reactive ketones (excluding diaryl/α,β-unsaturated/α-hetero) is 1. The third-order valence-corrected chi connectivity index (χ3v) is 2.83. The molecular formula is C12H19N3O. The number of nitrogens with one attached hydrogen (secondary N) is 1. The van der Waals surface area contributed by atoms with Gasteiger partial charge in [-0.3, -0.25) is 9.48 Å². The molecule has 16 heavy (non-hydrogen) atoms. The van der Waals surface area contributed by atoms with Gasteiger partial charge in [0.2, 0.25) is 0 Å². The topological polar surface area (TPSA) is 46.9 Å². The zero-order valence-corrected chi connectivity index (χ0v) is 9.99. The Bertz CT molecular complexity index is 380. The van der Waals surface area contributed by atoms with E-state index in [9.17, 15) is 4.79 Å². The number of hydrogen-bond donors (Lipinski definition) is 1. The molecular weight excluding hydrogens is 202 g/mol. The van der Waals surface area contributed by atoms with Crippen molar-refractivity contribution in [1.82, 2.24) is 15.1 Å². The molecule has 0 aromatic carbocycles. The molecule has 0 spiro atoms. The largest absolute Gasteiger partial charge is 0.307 e. The lowest BCUT2D eigenvalue weighted by Crippen LogP contribution is -2.26. The lowest BCUT2D eigenvalue weighted by molar-refractivity contribution is -0.117. The molecule has 0 aliphatic heterocycles. The van der Waals surface area contributed by atoms with Crippen molar-refractivity contribution in [2.75, 3.05) is 6.54 Å². The summed E-state index contributed by atoms with van der Waals surface area (Å²) < 4.78 is 1.91.